The van der Waals surface area contributed by atoms with Gasteiger partial charge in [0.05, 0.1) is 0 Å². The van der Waals surface area contributed by atoms with Gasteiger partial charge in [-0.15, -0.1) is 0 Å². The Morgan fingerprint density at radius 3 is 0.970 bits per heavy atom. The van der Waals surface area contributed by atoms with Crippen molar-refractivity contribution in [3.63, 3.8) is 0 Å². The van der Waals surface area contributed by atoms with Gasteiger partial charge in [0.15, 0.2) is 6.10 Å². The minimum absolute atomic E-state index is 0.0983. The van der Waals surface area contributed by atoms with Crippen LogP contribution >= 0.6 is 0 Å². The van der Waals surface area contributed by atoms with Gasteiger partial charge < -0.3 is 14.2 Å². The molecule has 0 fully saturated rings. The number of ether oxygens (including phenoxy) is 3. The second kappa shape index (κ2) is 55.4. The highest BCUT2D eigenvalue weighted by atomic mass is 16.6. The van der Waals surface area contributed by atoms with Gasteiger partial charge in [-0.2, -0.15) is 0 Å². The molecule has 0 N–H and O–H groups in total. The molecule has 0 amide bonds. The van der Waals surface area contributed by atoms with E-state index < -0.39 is 6.10 Å². The first-order valence-corrected chi connectivity index (χ1v) is 28.4. The van der Waals surface area contributed by atoms with E-state index in [2.05, 4.69) is 93.7 Å². The van der Waals surface area contributed by atoms with E-state index in [-0.39, 0.29) is 37.5 Å². The van der Waals surface area contributed by atoms with Crippen molar-refractivity contribution in [1.29, 1.82) is 0 Å². The van der Waals surface area contributed by atoms with E-state index in [1.165, 1.54) is 148 Å². The number of allylic oxidation sites excluding steroid dienone is 12. The predicted molar refractivity (Wildman–Crippen MR) is 288 cm³/mol. The molecule has 0 bridgehead atoms. The molecule has 6 heteroatoms. The number of esters is 3. The Balaban J connectivity index is 4.46. The van der Waals surface area contributed by atoms with Gasteiger partial charge in [0.1, 0.15) is 13.2 Å². The lowest BCUT2D eigenvalue weighted by Crippen LogP contribution is -2.30. The van der Waals surface area contributed by atoms with Crippen LogP contribution in [0.1, 0.15) is 278 Å². The largest absolute Gasteiger partial charge is 0.462 e. The van der Waals surface area contributed by atoms with Crippen LogP contribution in [0.3, 0.4) is 0 Å². The number of carbonyl (C=O) groups excluding carboxylic acids is 3. The third-order valence-electron chi connectivity index (χ3n) is 12.2. The number of carbonyl (C=O) groups is 3. The Bertz CT molecular complexity index is 1260. The SMILES string of the molecule is CC/C=C\C/C=C\C/C=C\C/C=C\C/C=C\CCCC(=O)OC(COC(=O)CCCCCCC/C=C\CCCCCCCCCCC)COC(=O)CCCCCCCCCCCCCCCC. The molecule has 0 aromatic rings. The molecule has 0 aliphatic heterocycles. The first kappa shape index (κ1) is 63.8. The summed E-state index contributed by atoms with van der Waals surface area (Å²) in [5.41, 5.74) is 0. The van der Waals surface area contributed by atoms with Gasteiger partial charge in [-0.25, -0.2) is 0 Å². The maximum Gasteiger partial charge on any atom is 0.306 e. The molecule has 1 unspecified atom stereocenters. The summed E-state index contributed by atoms with van der Waals surface area (Å²) in [6.07, 6.45) is 70.4. The zero-order valence-corrected chi connectivity index (χ0v) is 44.2. The van der Waals surface area contributed by atoms with Crippen LogP contribution in [0.15, 0.2) is 72.9 Å². The molecule has 67 heavy (non-hydrogen) atoms. The standard InChI is InChI=1S/C61H106O6/c1-4-7-10-13-16-19-22-25-28-30-32-33-36-39-42-45-48-51-54-60(63)66-57-58(56-65-59(62)53-50-47-44-41-38-35-27-24-21-18-15-12-9-6-3)67-61(64)55-52-49-46-43-40-37-34-31-29-26-23-20-17-14-11-8-5-2/h8,11,17,20,26,29,32-34,37,43,46,58H,4-7,9-10,12-16,18-19,21-25,27-28,30-31,35-36,38-42,44-45,47-57H2,1-3H3/b11-8-,20-17-,29-26-,33-32-,37-34-,46-43-. The molecule has 6 nitrogen and oxygen atoms in total. The van der Waals surface area contributed by atoms with Crippen LogP contribution in [-0.2, 0) is 28.6 Å². The molecule has 0 spiro atoms. The van der Waals surface area contributed by atoms with Crippen molar-refractivity contribution in [1.82, 2.24) is 0 Å². The van der Waals surface area contributed by atoms with Crippen molar-refractivity contribution in [2.24, 2.45) is 0 Å². The first-order chi connectivity index (χ1) is 33.0. The van der Waals surface area contributed by atoms with E-state index in [1.807, 2.05) is 0 Å². The van der Waals surface area contributed by atoms with Crippen molar-refractivity contribution in [3.05, 3.63) is 72.9 Å². The zero-order valence-electron chi connectivity index (χ0n) is 44.2. The summed E-state index contributed by atoms with van der Waals surface area (Å²) in [5.74, 6) is -0.957. The van der Waals surface area contributed by atoms with Crippen molar-refractivity contribution >= 4 is 17.9 Å². The van der Waals surface area contributed by atoms with Gasteiger partial charge in [-0.05, 0) is 83.5 Å². The van der Waals surface area contributed by atoms with Gasteiger partial charge in [0, 0.05) is 19.3 Å². The molecular formula is C61H106O6. The van der Waals surface area contributed by atoms with Crippen LogP contribution in [0.5, 0.6) is 0 Å². The fraction of sp³-hybridized carbons (Fsp3) is 0.754. The molecule has 386 valence electrons. The van der Waals surface area contributed by atoms with Crippen LogP contribution in [-0.4, -0.2) is 37.2 Å². The molecule has 0 aliphatic rings. The Kier molecular flexibility index (Phi) is 52.8. The van der Waals surface area contributed by atoms with E-state index in [1.54, 1.807) is 0 Å². The molecule has 1 atom stereocenters. The third kappa shape index (κ3) is 53.7. The van der Waals surface area contributed by atoms with E-state index in [9.17, 15) is 14.4 Å². The minimum atomic E-state index is -0.807. The van der Waals surface area contributed by atoms with Crippen LogP contribution in [0, 0.1) is 0 Å². The molecule has 0 saturated carbocycles. The maximum atomic E-state index is 12.8. The Morgan fingerprint density at radius 1 is 0.313 bits per heavy atom. The quantitative estimate of drug-likeness (QED) is 0.0262. The maximum absolute atomic E-state index is 12.8. The lowest BCUT2D eigenvalue weighted by Gasteiger charge is -2.18. The molecule has 0 saturated heterocycles. The smallest absolute Gasteiger partial charge is 0.306 e. The topological polar surface area (TPSA) is 78.9 Å². The second-order valence-electron chi connectivity index (χ2n) is 18.8. The van der Waals surface area contributed by atoms with Gasteiger partial charge in [-0.1, -0.05) is 248 Å². The fourth-order valence-corrected chi connectivity index (χ4v) is 7.94. The van der Waals surface area contributed by atoms with Gasteiger partial charge in [0.25, 0.3) is 0 Å². The molecule has 0 aliphatic carbocycles. The summed E-state index contributed by atoms with van der Waals surface area (Å²) in [6, 6.07) is 0. The lowest BCUT2D eigenvalue weighted by molar-refractivity contribution is -0.167. The summed E-state index contributed by atoms with van der Waals surface area (Å²) in [7, 11) is 0. The van der Waals surface area contributed by atoms with E-state index in [4.69, 9.17) is 14.2 Å². The van der Waals surface area contributed by atoms with Crippen molar-refractivity contribution in [2.75, 3.05) is 13.2 Å². The van der Waals surface area contributed by atoms with Crippen LogP contribution < -0.4 is 0 Å². The van der Waals surface area contributed by atoms with E-state index in [0.29, 0.717) is 19.3 Å². The second-order valence-corrected chi connectivity index (χ2v) is 18.8. The van der Waals surface area contributed by atoms with E-state index >= 15 is 0 Å². The van der Waals surface area contributed by atoms with Crippen LogP contribution in [0.25, 0.3) is 0 Å². The average molecular weight is 936 g/mol. The predicted octanol–water partition coefficient (Wildman–Crippen LogP) is 19.0. The molecule has 0 rings (SSSR count). The highest BCUT2D eigenvalue weighted by Gasteiger charge is 2.19. The van der Waals surface area contributed by atoms with Crippen LogP contribution in [0.2, 0.25) is 0 Å². The number of hydrogen-bond donors (Lipinski definition) is 0. The minimum Gasteiger partial charge on any atom is -0.462 e. The number of rotatable bonds is 51. The molecule has 0 heterocycles. The summed E-state index contributed by atoms with van der Waals surface area (Å²) in [4.78, 5) is 38.1. The lowest BCUT2D eigenvalue weighted by atomic mass is 10.0. The van der Waals surface area contributed by atoms with Crippen molar-refractivity contribution in [2.45, 2.75) is 284 Å². The Morgan fingerprint density at radius 2 is 0.597 bits per heavy atom. The zero-order chi connectivity index (χ0) is 48.6. The summed E-state index contributed by atoms with van der Waals surface area (Å²) >= 11 is 0. The van der Waals surface area contributed by atoms with Crippen LogP contribution in [0.4, 0.5) is 0 Å². The van der Waals surface area contributed by atoms with E-state index in [0.717, 1.165) is 83.5 Å². The summed E-state index contributed by atoms with van der Waals surface area (Å²) in [6.45, 7) is 6.49. The number of hydrogen-bond acceptors (Lipinski definition) is 6. The summed E-state index contributed by atoms with van der Waals surface area (Å²) < 4.78 is 16.8. The van der Waals surface area contributed by atoms with Crippen molar-refractivity contribution < 1.29 is 28.6 Å². The molecule has 0 radical (unpaired) electrons. The Hall–Kier alpha value is -3.15. The molecular weight excluding hydrogens is 829 g/mol. The molecule has 0 aromatic heterocycles. The van der Waals surface area contributed by atoms with Gasteiger partial charge >= 0.3 is 17.9 Å². The van der Waals surface area contributed by atoms with Gasteiger partial charge in [0.2, 0.25) is 0 Å². The first-order valence-electron chi connectivity index (χ1n) is 28.4. The van der Waals surface area contributed by atoms with Crippen molar-refractivity contribution in [3.8, 4) is 0 Å². The monoisotopic (exact) mass is 935 g/mol. The number of unbranched alkanes of at least 4 members (excludes halogenated alkanes) is 28. The normalized spacial score (nSPS) is 12.6. The summed E-state index contributed by atoms with van der Waals surface area (Å²) in [5, 5.41) is 0. The van der Waals surface area contributed by atoms with Gasteiger partial charge in [-0.3, -0.25) is 14.4 Å². The highest BCUT2D eigenvalue weighted by molar-refractivity contribution is 5.71. The third-order valence-corrected chi connectivity index (χ3v) is 12.2. The molecule has 0 aromatic carbocycles. The average Bonchev–Trinajstić information content (AvgIpc) is 3.33. The fourth-order valence-electron chi connectivity index (χ4n) is 7.94. The Labute approximate surface area is 414 Å². The highest BCUT2D eigenvalue weighted by Crippen LogP contribution is 2.15.